The van der Waals surface area contributed by atoms with Crippen LogP contribution in [0.25, 0.3) is 0 Å². The number of aryl methyl sites for hydroxylation is 1. The fourth-order valence-electron chi connectivity index (χ4n) is 3.54. The third kappa shape index (κ3) is 4.05. The molecule has 2 rings (SSSR count). The smallest absolute Gasteiger partial charge is 0.0481 e. The van der Waals surface area contributed by atoms with Crippen LogP contribution in [0, 0.1) is 0 Å². The molecule has 0 radical (unpaired) electrons. The monoisotopic (exact) mass is 274 g/mol. The molecule has 0 saturated carbocycles. The Balaban J connectivity index is 2.02. The maximum absolute atomic E-state index is 4.71. The predicted molar refractivity (Wildman–Crippen MR) is 86.1 cm³/mol. The highest BCUT2D eigenvalue weighted by Gasteiger charge is 2.28. The second-order valence-electron chi connectivity index (χ2n) is 6.06. The van der Waals surface area contributed by atoms with Crippen molar-refractivity contribution >= 4 is 0 Å². The first-order chi connectivity index (χ1) is 9.86. The zero-order valence-corrected chi connectivity index (χ0v) is 13.2. The van der Waals surface area contributed by atoms with Gasteiger partial charge in [0.05, 0.1) is 0 Å². The van der Waals surface area contributed by atoms with E-state index in [-0.39, 0.29) is 0 Å². The molecule has 2 nitrogen and oxygen atoms in total. The third-order valence-electron chi connectivity index (χ3n) is 4.56. The Bertz CT molecular complexity index is 389. The molecular formula is C18H30N2. The molecule has 1 aliphatic rings. The van der Waals surface area contributed by atoms with Gasteiger partial charge in [-0.25, -0.2) is 0 Å². The fourth-order valence-corrected chi connectivity index (χ4v) is 3.54. The number of hydrogen-bond acceptors (Lipinski definition) is 2. The van der Waals surface area contributed by atoms with E-state index in [0.29, 0.717) is 12.0 Å². The predicted octanol–water partition coefficient (Wildman–Crippen LogP) is 4.45. The molecule has 2 atom stereocenters. The Morgan fingerprint density at radius 2 is 2.20 bits per heavy atom. The molecule has 2 heteroatoms. The van der Waals surface area contributed by atoms with Crippen molar-refractivity contribution in [1.29, 1.82) is 0 Å². The standard InChI is InChI=1S/C18H30N2/c1-3-5-6-7-13-17(19-4-2)16-12-8-10-15-11-9-14-20-18(15)16/h9,11,14,16-17,19H,3-8,10,12-13H2,1-2H3. The number of unbranched alkanes of at least 4 members (excludes halogenated alkanes) is 3. The van der Waals surface area contributed by atoms with Gasteiger partial charge < -0.3 is 5.32 Å². The van der Waals surface area contributed by atoms with E-state index in [1.807, 2.05) is 6.20 Å². The van der Waals surface area contributed by atoms with E-state index < -0.39 is 0 Å². The molecule has 1 N–H and O–H groups in total. The van der Waals surface area contributed by atoms with Crippen LogP contribution in [0.2, 0.25) is 0 Å². The van der Waals surface area contributed by atoms with Crippen molar-refractivity contribution in [1.82, 2.24) is 10.3 Å². The molecule has 1 heterocycles. The second kappa shape index (κ2) is 8.41. The topological polar surface area (TPSA) is 24.9 Å². The first-order valence-corrected chi connectivity index (χ1v) is 8.54. The Morgan fingerprint density at radius 3 is 3.00 bits per heavy atom. The zero-order chi connectivity index (χ0) is 14.2. The van der Waals surface area contributed by atoms with Gasteiger partial charge in [0, 0.05) is 23.9 Å². The van der Waals surface area contributed by atoms with Crippen molar-refractivity contribution in [2.75, 3.05) is 6.54 Å². The number of pyridine rings is 1. The summed E-state index contributed by atoms with van der Waals surface area (Å²) in [5.74, 6) is 0.626. The number of nitrogens with one attached hydrogen (secondary N) is 1. The highest BCUT2D eigenvalue weighted by molar-refractivity contribution is 5.27. The summed E-state index contributed by atoms with van der Waals surface area (Å²) in [6, 6.07) is 4.98. The molecule has 0 spiro atoms. The number of aromatic nitrogens is 1. The Kier molecular flexibility index (Phi) is 6.52. The summed E-state index contributed by atoms with van der Waals surface area (Å²) in [7, 11) is 0. The Hall–Kier alpha value is -0.890. The van der Waals surface area contributed by atoms with Gasteiger partial charge in [-0.15, -0.1) is 0 Å². The van der Waals surface area contributed by atoms with Gasteiger partial charge >= 0.3 is 0 Å². The summed E-state index contributed by atoms with van der Waals surface area (Å²) in [5, 5.41) is 3.73. The lowest BCUT2D eigenvalue weighted by atomic mass is 9.80. The average molecular weight is 274 g/mol. The summed E-state index contributed by atoms with van der Waals surface area (Å²) < 4.78 is 0. The lowest BCUT2D eigenvalue weighted by Gasteiger charge is -2.32. The zero-order valence-electron chi connectivity index (χ0n) is 13.2. The first kappa shape index (κ1) is 15.5. The fraction of sp³-hybridized carbons (Fsp3) is 0.722. The summed E-state index contributed by atoms with van der Waals surface area (Å²) in [6.07, 6.45) is 12.5. The summed E-state index contributed by atoms with van der Waals surface area (Å²) >= 11 is 0. The molecular weight excluding hydrogens is 244 g/mol. The van der Waals surface area contributed by atoms with Crippen molar-refractivity contribution in [2.24, 2.45) is 0 Å². The van der Waals surface area contributed by atoms with Crippen LogP contribution >= 0.6 is 0 Å². The molecule has 0 fully saturated rings. The van der Waals surface area contributed by atoms with Crippen LogP contribution in [0.15, 0.2) is 18.3 Å². The quantitative estimate of drug-likeness (QED) is 0.708. The molecule has 0 aromatic carbocycles. The first-order valence-electron chi connectivity index (χ1n) is 8.54. The largest absolute Gasteiger partial charge is 0.314 e. The Morgan fingerprint density at radius 1 is 1.30 bits per heavy atom. The van der Waals surface area contributed by atoms with E-state index in [2.05, 4.69) is 31.3 Å². The number of fused-ring (bicyclic) bond motifs is 1. The lowest BCUT2D eigenvalue weighted by Crippen LogP contribution is -2.37. The van der Waals surface area contributed by atoms with Crippen molar-refractivity contribution in [3.05, 3.63) is 29.6 Å². The SMILES string of the molecule is CCCCCCC(NCC)C1CCCc2cccnc21. The van der Waals surface area contributed by atoms with Crippen LogP contribution in [0.1, 0.15) is 76.0 Å². The maximum Gasteiger partial charge on any atom is 0.0481 e. The minimum Gasteiger partial charge on any atom is -0.314 e. The van der Waals surface area contributed by atoms with E-state index >= 15 is 0 Å². The van der Waals surface area contributed by atoms with Crippen LogP contribution in [-0.4, -0.2) is 17.6 Å². The van der Waals surface area contributed by atoms with Crippen molar-refractivity contribution in [3.8, 4) is 0 Å². The second-order valence-corrected chi connectivity index (χ2v) is 6.06. The van der Waals surface area contributed by atoms with Crippen molar-refractivity contribution in [3.63, 3.8) is 0 Å². The molecule has 20 heavy (non-hydrogen) atoms. The molecule has 0 amide bonds. The number of hydrogen-bond donors (Lipinski definition) is 1. The van der Waals surface area contributed by atoms with Gasteiger partial charge in [0.15, 0.2) is 0 Å². The van der Waals surface area contributed by atoms with Gasteiger partial charge in [0.1, 0.15) is 0 Å². The van der Waals surface area contributed by atoms with Crippen molar-refractivity contribution < 1.29 is 0 Å². The lowest BCUT2D eigenvalue weighted by molar-refractivity contribution is 0.361. The highest BCUT2D eigenvalue weighted by Crippen LogP contribution is 2.34. The number of rotatable bonds is 8. The Labute approximate surface area is 124 Å². The molecule has 112 valence electrons. The van der Waals surface area contributed by atoms with E-state index in [4.69, 9.17) is 4.98 Å². The van der Waals surface area contributed by atoms with Crippen LogP contribution in [0.4, 0.5) is 0 Å². The van der Waals surface area contributed by atoms with E-state index in [1.165, 1.54) is 62.6 Å². The molecule has 1 aromatic heterocycles. The minimum absolute atomic E-state index is 0.616. The molecule has 1 aliphatic carbocycles. The normalized spacial score (nSPS) is 19.6. The van der Waals surface area contributed by atoms with Crippen molar-refractivity contribution in [2.45, 2.75) is 77.2 Å². The van der Waals surface area contributed by atoms with Gasteiger partial charge in [-0.3, -0.25) is 4.98 Å². The van der Waals surface area contributed by atoms with Gasteiger partial charge in [-0.05, 0) is 43.9 Å². The summed E-state index contributed by atoms with van der Waals surface area (Å²) in [6.45, 7) is 5.57. The van der Waals surface area contributed by atoms with E-state index in [0.717, 1.165) is 6.54 Å². The van der Waals surface area contributed by atoms with E-state index in [9.17, 15) is 0 Å². The minimum atomic E-state index is 0.616. The van der Waals surface area contributed by atoms with Gasteiger partial charge in [-0.1, -0.05) is 45.6 Å². The van der Waals surface area contributed by atoms with Crippen LogP contribution in [-0.2, 0) is 6.42 Å². The van der Waals surface area contributed by atoms with E-state index in [1.54, 1.807) is 0 Å². The van der Waals surface area contributed by atoms with Crippen LogP contribution in [0.3, 0.4) is 0 Å². The van der Waals surface area contributed by atoms with Gasteiger partial charge in [-0.2, -0.15) is 0 Å². The molecule has 0 bridgehead atoms. The molecule has 2 unspecified atom stereocenters. The number of nitrogens with zero attached hydrogens (tertiary/aromatic N) is 1. The van der Waals surface area contributed by atoms with Gasteiger partial charge in [0.25, 0.3) is 0 Å². The van der Waals surface area contributed by atoms with Gasteiger partial charge in [0.2, 0.25) is 0 Å². The summed E-state index contributed by atoms with van der Waals surface area (Å²) in [4.78, 5) is 4.71. The maximum atomic E-state index is 4.71. The molecule has 1 aromatic rings. The van der Waals surface area contributed by atoms with Crippen LogP contribution in [0.5, 0.6) is 0 Å². The highest BCUT2D eigenvalue weighted by atomic mass is 14.9. The molecule has 0 saturated heterocycles. The van der Waals surface area contributed by atoms with Crippen LogP contribution < -0.4 is 5.32 Å². The average Bonchev–Trinajstić information content (AvgIpc) is 2.50. The number of likely N-dealkylation sites (N-methyl/N-ethyl adjacent to an activating group) is 1. The molecule has 0 aliphatic heterocycles. The third-order valence-corrected chi connectivity index (χ3v) is 4.56. The summed E-state index contributed by atoms with van der Waals surface area (Å²) in [5.41, 5.74) is 2.86.